The van der Waals surface area contributed by atoms with Crippen molar-refractivity contribution in [2.24, 2.45) is 0 Å². The van der Waals surface area contributed by atoms with E-state index in [1.807, 2.05) is 54.6 Å². The first-order valence-electron chi connectivity index (χ1n) is 8.28. The molecule has 1 N–H and O–H groups in total. The Bertz CT molecular complexity index is 856. The van der Waals surface area contributed by atoms with E-state index in [2.05, 4.69) is 48.3 Å². The van der Waals surface area contributed by atoms with Crippen molar-refractivity contribution >= 4 is 5.69 Å². The Balaban J connectivity index is 1.89. The van der Waals surface area contributed by atoms with E-state index in [0.717, 1.165) is 22.6 Å². The van der Waals surface area contributed by atoms with Crippen LogP contribution in [-0.2, 0) is 0 Å². The highest BCUT2D eigenvalue weighted by atomic mass is 16.5. The molecule has 0 bridgehead atoms. The quantitative estimate of drug-likeness (QED) is 0.664. The molecule has 0 aliphatic rings. The fraction of sp³-hybridized carbons (Fsp3) is 0.130. The van der Waals surface area contributed by atoms with Gasteiger partial charge in [0, 0.05) is 11.3 Å². The van der Waals surface area contributed by atoms with Crippen LogP contribution in [0.15, 0.2) is 78.9 Å². The van der Waals surface area contributed by atoms with Gasteiger partial charge >= 0.3 is 0 Å². The highest BCUT2D eigenvalue weighted by Gasteiger charge is 2.08. The SMILES string of the molecule is COc1ccc(C(C#Cc2ccccc2)Nc2ccc(C)cc2)cc1. The van der Waals surface area contributed by atoms with Gasteiger partial charge in [-0.05, 0) is 48.9 Å². The molecule has 0 radical (unpaired) electrons. The molecule has 3 aromatic carbocycles. The van der Waals surface area contributed by atoms with Gasteiger partial charge in [0.15, 0.2) is 0 Å². The highest BCUT2D eigenvalue weighted by Crippen LogP contribution is 2.22. The molecule has 0 amide bonds. The summed E-state index contributed by atoms with van der Waals surface area (Å²) in [7, 11) is 1.67. The first-order valence-corrected chi connectivity index (χ1v) is 8.28. The standard InChI is InChI=1S/C23H21NO/c1-18-8-13-21(14-9-18)24-23(17-10-19-6-4-3-5-7-19)20-11-15-22(25-2)16-12-20/h3-9,11-16,23-24H,1-2H3. The maximum Gasteiger partial charge on any atom is 0.118 e. The minimum absolute atomic E-state index is 0.103. The topological polar surface area (TPSA) is 21.3 Å². The monoisotopic (exact) mass is 327 g/mol. The molecule has 124 valence electrons. The number of ether oxygens (including phenoxy) is 1. The number of nitrogens with one attached hydrogen (secondary N) is 1. The minimum atomic E-state index is -0.103. The fourth-order valence-corrected chi connectivity index (χ4v) is 2.49. The van der Waals surface area contributed by atoms with Crippen molar-refractivity contribution in [2.45, 2.75) is 13.0 Å². The van der Waals surface area contributed by atoms with Gasteiger partial charge in [-0.25, -0.2) is 0 Å². The minimum Gasteiger partial charge on any atom is -0.497 e. The maximum absolute atomic E-state index is 5.25. The number of methoxy groups -OCH3 is 1. The van der Waals surface area contributed by atoms with E-state index in [9.17, 15) is 0 Å². The summed E-state index contributed by atoms with van der Waals surface area (Å²) in [6.45, 7) is 2.08. The van der Waals surface area contributed by atoms with E-state index in [1.54, 1.807) is 7.11 Å². The average Bonchev–Trinajstić information content (AvgIpc) is 2.67. The Hall–Kier alpha value is -3.18. The molecule has 0 aliphatic carbocycles. The van der Waals surface area contributed by atoms with Crippen molar-refractivity contribution in [2.75, 3.05) is 12.4 Å². The van der Waals surface area contributed by atoms with Crippen molar-refractivity contribution in [3.8, 4) is 17.6 Å². The van der Waals surface area contributed by atoms with Crippen molar-refractivity contribution in [1.82, 2.24) is 0 Å². The van der Waals surface area contributed by atoms with Gasteiger partial charge in [0.05, 0.1) is 7.11 Å². The number of hydrogen-bond donors (Lipinski definition) is 1. The molecule has 25 heavy (non-hydrogen) atoms. The summed E-state index contributed by atoms with van der Waals surface area (Å²) in [5.74, 6) is 7.45. The molecule has 1 unspecified atom stereocenters. The van der Waals surface area contributed by atoms with E-state index in [1.165, 1.54) is 5.56 Å². The van der Waals surface area contributed by atoms with Crippen molar-refractivity contribution in [3.63, 3.8) is 0 Å². The Morgan fingerprint density at radius 1 is 0.840 bits per heavy atom. The number of rotatable bonds is 4. The molecule has 1 atom stereocenters. The summed E-state index contributed by atoms with van der Waals surface area (Å²) < 4.78 is 5.25. The summed E-state index contributed by atoms with van der Waals surface area (Å²) in [6, 6.07) is 26.3. The van der Waals surface area contributed by atoms with E-state index in [4.69, 9.17) is 4.74 Å². The largest absolute Gasteiger partial charge is 0.497 e. The Morgan fingerprint density at radius 3 is 2.16 bits per heavy atom. The highest BCUT2D eigenvalue weighted by molar-refractivity contribution is 5.50. The second-order valence-electron chi connectivity index (χ2n) is 5.85. The van der Waals surface area contributed by atoms with Gasteiger partial charge in [-0.1, -0.05) is 59.9 Å². The molecular weight excluding hydrogens is 306 g/mol. The van der Waals surface area contributed by atoms with E-state index >= 15 is 0 Å². The van der Waals surface area contributed by atoms with Crippen LogP contribution in [0.5, 0.6) is 5.75 Å². The zero-order chi connectivity index (χ0) is 17.5. The predicted molar refractivity (Wildman–Crippen MR) is 104 cm³/mol. The first kappa shape index (κ1) is 16.7. The molecule has 0 spiro atoms. The summed E-state index contributed by atoms with van der Waals surface area (Å²) >= 11 is 0. The first-order chi connectivity index (χ1) is 12.2. The number of benzene rings is 3. The van der Waals surface area contributed by atoms with Gasteiger partial charge in [-0.15, -0.1) is 0 Å². The van der Waals surface area contributed by atoms with Crippen molar-refractivity contribution < 1.29 is 4.74 Å². The molecule has 0 aliphatic heterocycles. The van der Waals surface area contributed by atoms with Crippen LogP contribution in [0.3, 0.4) is 0 Å². The maximum atomic E-state index is 5.25. The van der Waals surface area contributed by atoms with Crippen molar-refractivity contribution in [3.05, 3.63) is 95.6 Å². The molecule has 0 saturated carbocycles. The molecular formula is C23H21NO. The molecule has 3 aromatic rings. The van der Waals surface area contributed by atoms with Crippen LogP contribution >= 0.6 is 0 Å². The predicted octanol–water partition coefficient (Wildman–Crippen LogP) is 5.21. The van der Waals surface area contributed by atoms with Crippen LogP contribution in [0.1, 0.15) is 22.7 Å². The van der Waals surface area contributed by atoms with Crippen LogP contribution in [0.2, 0.25) is 0 Å². The zero-order valence-corrected chi connectivity index (χ0v) is 14.5. The number of hydrogen-bond acceptors (Lipinski definition) is 2. The average molecular weight is 327 g/mol. The number of anilines is 1. The lowest BCUT2D eigenvalue weighted by Gasteiger charge is -2.16. The van der Waals surface area contributed by atoms with Crippen molar-refractivity contribution in [1.29, 1.82) is 0 Å². The normalized spacial score (nSPS) is 11.1. The Kier molecular flexibility index (Phi) is 5.39. The van der Waals surface area contributed by atoms with Gasteiger partial charge in [0.1, 0.15) is 11.8 Å². The van der Waals surface area contributed by atoms with E-state index in [0.29, 0.717) is 0 Å². The summed E-state index contributed by atoms with van der Waals surface area (Å²) in [5, 5.41) is 3.52. The molecule has 2 heteroatoms. The van der Waals surface area contributed by atoms with Crippen LogP contribution in [0.25, 0.3) is 0 Å². The second kappa shape index (κ2) is 8.08. The van der Waals surface area contributed by atoms with Crippen LogP contribution < -0.4 is 10.1 Å². The molecule has 0 aromatic heterocycles. The van der Waals surface area contributed by atoms with Crippen LogP contribution in [0.4, 0.5) is 5.69 Å². The third kappa shape index (κ3) is 4.65. The smallest absolute Gasteiger partial charge is 0.118 e. The summed E-state index contributed by atoms with van der Waals surface area (Å²) in [4.78, 5) is 0. The fourth-order valence-electron chi connectivity index (χ4n) is 2.49. The van der Waals surface area contributed by atoms with Gasteiger partial charge < -0.3 is 10.1 Å². The lowest BCUT2D eigenvalue weighted by atomic mass is 10.1. The molecule has 0 heterocycles. The summed E-state index contributed by atoms with van der Waals surface area (Å²) in [5.41, 5.74) is 4.40. The molecule has 3 rings (SSSR count). The Labute approximate surface area is 149 Å². The second-order valence-corrected chi connectivity index (χ2v) is 5.85. The van der Waals surface area contributed by atoms with Gasteiger partial charge in [-0.2, -0.15) is 0 Å². The third-order valence-corrected chi connectivity index (χ3v) is 3.95. The Morgan fingerprint density at radius 2 is 1.52 bits per heavy atom. The van der Waals surface area contributed by atoms with E-state index < -0.39 is 0 Å². The molecule has 0 saturated heterocycles. The van der Waals surface area contributed by atoms with Gasteiger partial charge in [0.2, 0.25) is 0 Å². The lowest BCUT2D eigenvalue weighted by molar-refractivity contribution is 0.414. The molecule has 2 nitrogen and oxygen atoms in total. The number of aryl methyl sites for hydroxylation is 1. The van der Waals surface area contributed by atoms with Crippen LogP contribution in [-0.4, -0.2) is 7.11 Å². The summed E-state index contributed by atoms with van der Waals surface area (Å²) in [6.07, 6.45) is 0. The van der Waals surface area contributed by atoms with Gasteiger partial charge in [-0.3, -0.25) is 0 Å². The lowest BCUT2D eigenvalue weighted by Crippen LogP contribution is -2.08. The van der Waals surface area contributed by atoms with Crippen LogP contribution in [0, 0.1) is 18.8 Å². The molecule has 0 fully saturated rings. The van der Waals surface area contributed by atoms with E-state index in [-0.39, 0.29) is 6.04 Å². The third-order valence-electron chi connectivity index (χ3n) is 3.95. The zero-order valence-electron chi connectivity index (χ0n) is 14.5. The van der Waals surface area contributed by atoms with Gasteiger partial charge in [0.25, 0.3) is 0 Å².